The molecule has 148 valence electrons. The molecule has 2 aliphatic rings. The average molecular weight is 394 g/mol. The third-order valence-electron chi connectivity index (χ3n) is 5.85. The number of amides is 2. The molecule has 27 heavy (non-hydrogen) atoms. The fourth-order valence-corrected chi connectivity index (χ4v) is 4.09. The summed E-state index contributed by atoms with van der Waals surface area (Å²) in [6.45, 7) is 2.72. The minimum Gasteiger partial charge on any atom is -0.480 e. The largest absolute Gasteiger partial charge is 0.480 e. The van der Waals surface area contributed by atoms with Gasteiger partial charge in [0, 0.05) is 17.1 Å². The van der Waals surface area contributed by atoms with Gasteiger partial charge in [0.1, 0.15) is 0 Å². The number of aliphatic carboxylic acids is 1. The van der Waals surface area contributed by atoms with E-state index in [1.165, 1.54) is 6.42 Å². The van der Waals surface area contributed by atoms with E-state index in [4.69, 9.17) is 16.7 Å². The highest BCUT2D eigenvalue weighted by Gasteiger charge is 2.36. The molecule has 1 aromatic carbocycles. The van der Waals surface area contributed by atoms with Gasteiger partial charge in [0.25, 0.3) is 0 Å². The minimum atomic E-state index is -0.808. The van der Waals surface area contributed by atoms with Crippen LogP contribution in [-0.4, -0.2) is 47.2 Å². The van der Waals surface area contributed by atoms with Crippen molar-refractivity contribution >= 4 is 23.6 Å². The monoisotopic (exact) mass is 393 g/mol. The van der Waals surface area contributed by atoms with Gasteiger partial charge in [0.05, 0.1) is 12.6 Å². The second kappa shape index (κ2) is 8.93. The highest BCUT2D eigenvalue weighted by Crippen LogP contribution is 2.38. The maximum absolute atomic E-state index is 12.5. The molecule has 0 heterocycles. The Morgan fingerprint density at radius 3 is 2.44 bits per heavy atom. The van der Waals surface area contributed by atoms with Gasteiger partial charge in [-0.05, 0) is 55.8 Å². The summed E-state index contributed by atoms with van der Waals surface area (Å²) in [5.74, 6) is -0.338. The number of carboxylic acid groups (broad SMARTS) is 1. The van der Waals surface area contributed by atoms with Crippen LogP contribution < -0.4 is 10.6 Å². The Kier molecular flexibility index (Phi) is 6.60. The lowest BCUT2D eigenvalue weighted by atomic mass is 9.77. The van der Waals surface area contributed by atoms with Gasteiger partial charge in [-0.2, -0.15) is 0 Å². The van der Waals surface area contributed by atoms with Crippen LogP contribution in [0, 0.1) is 5.92 Å². The number of carbonyl (C=O) groups excluding carboxylic acids is 1. The predicted molar refractivity (Wildman–Crippen MR) is 105 cm³/mol. The summed E-state index contributed by atoms with van der Waals surface area (Å²) in [5.41, 5.74) is 1.09. The number of urea groups is 1. The van der Waals surface area contributed by atoms with Crippen LogP contribution in [0.2, 0.25) is 5.02 Å². The molecule has 0 saturated heterocycles. The molecule has 0 aromatic heterocycles. The molecule has 1 unspecified atom stereocenters. The van der Waals surface area contributed by atoms with Crippen molar-refractivity contribution in [1.82, 2.24) is 15.5 Å². The molecule has 2 fully saturated rings. The number of hydrogen-bond donors (Lipinski definition) is 3. The number of carbonyl (C=O) groups is 2. The van der Waals surface area contributed by atoms with E-state index in [1.54, 1.807) is 0 Å². The maximum atomic E-state index is 12.5. The van der Waals surface area contributed by atoms with E-state index in [2.05, 4.69) is 10.6 Å². The van der Waals surface area contributed by atoms with Gasteiger partial charge in [-0.15, -0.1) is 0 Å². The fourth-order valence-electron chi connectivity index (χ4n) is 3.96. The van der Waals surface area contributed by atoms with Crippen LogP contribution in [-0.2, 0) is 4.79 Å². The SMILES string of the molecule is CCN(CC(=O)O)C1CC(NC(=O)NC(c2ccc(Cl)cc2)C2CCC2)C1. The van der Waals surface area contributed by atoms with Gasteiger partial charge in [-0.3, -0.25) is 9.69 Å². The van der Waals surface area contributed by atoms with E-state index < -0.39 is 5.97 Å². The Morgan fingerprint density at radius 1 is 1.26 bits per heavy atom. The molecule has 0 bridgehead atoms. The third kappa shape index (κ3) is 5.14. The van der Waals surface area contributed by atoms with Crippen molar-refractivity contribution in [2.24, 2.45) is 5.92 Å². The second-order valence-corrected chi connectivity index (χ2v) is 8.05. The highest BCUT2D eigenvalue weighted by atomic mass is 35.5. The Bertz CT molecular complexity index is 657. The zero-order chi connectivity index (χ0) is 19.4. The molecule has 0 spiro atoms. The van der Waals surface area contributed by atoms with Crippen LogP contribution in [0.15, 0.2) is 24.3 Å². The Balaban J connectivity index is 1.50. The van der Waals surface area contributed by atoms with E-state index in [1.807, 2.05) is 36.1 Å². The highest BCUT2D eigenvalue weighted by molar-refractivity contribution is 6.30. The van der Waals surface area contributed by atoms with Crippen LogP contribution in [0.25, 0.3) is 0 Å². The maximum Gasteiger partial charge on any atom is 0.317 e. The third-order valence-corrected chi connectivity index (χ3v) is 6.10. The fraction of sp³-hybridized carbons (Fsp3) is 0.600. The van der Waals surface area contributed by atoms with Crippen molar-refractivity contribution in [2.75, 3.05) is 13.1 Å². The van der Waals surface area contributed by atoms with Crippen molar-refractivity contribution in [3.05, 3.63) is 34.9 Å². The summed E-state index contributed by atoms with van der Waals surface area (Å²) < 4.78 is 0. The van der Waals surface area contributed by atoms with Crippen molar-refractivity contribution in [3.8, 4) is 0 Å². The van der Waals surface area contributed by atoms with Crippen molar-refractivity contribution in [3.63, 3.8) is 0 Å². The predicted octanol–water partition coefficient (Wildman–Crippen LogP) is 3.42. The number of carboxylic acids is 1. The van der Waals surface area contributed by atoms with E-state index >= 15 is 0 Å². The van der Waals surface area contributed by atoms with Gasteiger partial charge in [-0.25, -0.2) is 4.79 Å². The molecular weight excluding hydrogens is 366 g/mol. The first-order chi connectivity index (χ1) is 13.0. The summed E-state index contributed by atoms with van der Waals surface area (Å²) in [6, 6.07) is 7.88. The zero-order valence-electron chi connectivity index (χ0n) is 15.7. The molecule has 0 radical (unpaired) electrons. The number of halogens is 1. The van der Waals surface area contributed by atoms with Crippen LogP contribution in [0.1, 0.15) is 50.6 Å². The summed E-state index contributed by atoms with van der Waals surface area (Å²) in [4.78, 5) is 25.4. The van der Waals surface area contributed by atoms with Crippen LogP contribution in [0.3, 0.4) is 0 Å². The van der Waals surface area contributed by atoms with Gasteiger partial charge in [-0.1, -0.05) is 37.1 Å². The van der Waals surface area contributed by atoms with E-state index in [-0.39, 0.29) is 30.7 Å². The quantitative estimate of drug-likeness (QED) is 0.632. The van der Waals surface area contributed by atoms with Crippen LogP contribution in [0.5, 0.6) is 0 Å². The Labute approximate surface area is 165 Å². The van der Waals surface area contributed by atoms with E-state index in [0.29, 0.717) is 17.5 Å². The van der Waals surface area contributed by atoms with E-state index in [0.717, 1.165) is 31.2 Å². The number of nitrogens with one attached hydrogen (secondary N) is 2. The number of hydrogen-bond acceptors (Lipinski definition) is 3. The molecule has 0 aliphatic heterocycles. The second-order valence-electron chi connectivity index (χ2n) is 7.62. The standard InChI is InChI=1S/C20H28ClN3O3/c1-2-24(12-18(25)26)17-10-16(11-17)22-20(27)23-19(13-4-3-5-13)14-6-8-15(21)9-7-14/h6-9,13,16-17,19H,2-5,10-12H2,1H3,(H,25,26)(H2,22,23,27). The lowest BCUT2D eigenvalue weighted by molar-refractivity contribution is -0.139. The summed E-state index contributed by atoms with van der Waals surface area (Å²) >= 11 is 5.99. The normalized spacial score (nSPS) is 23.2. The molecule has 3 rings (SSSR count). The van der Waals surface area contributed by atoms with Crippen molar-refractivity contribution < 1.29 is 14.7 Å². The first-order valence-electron chi connectivity index (χ1n) is 9.74. The number of rotatable bonds is 8. The molecule has 7 heteroatoms. The number of benzene rings is 1. The van der Waals surface area contributed by atoms with Gasteiger partial charge < -0.3 is 15.7 Å². The topological polar surface area (TPSA) is 81.7 Å². The summed E-state index contributed by atoms with van der Waals surface area (Å²) in [5, 5.41) is 15.8. The minimum absolute atomic E-state index is 0.00559. The first-order valence-corrected chi connectivity index (χ1v) is 10.1. The molecular formula is C20H28ClN3O3. The molecule has 1 aromatic rings. The van der Waals surface area contributed by atoms with Gasteiger partial charge >= 0.3 is 12.0 Å². The molecule has 2 amide bonds. The molecule has 2 saturated carbocycles. The average Bonchev–Trinajstić information content (AvgIpc) is 2.54. The first kappa shape index (κ1) is 20.0. The van der Waals surface area contributed by atoms with Crippen molar-refractivity contribution in [1.29, 1.82) is 0 Å². The van der Waals surface area contributed by atoms with Crippen LogP contribution in [0.4, 0.5) is 4.79 Å². The van der Waals surface area contributed by atoms with Crippen molar-refractivity contribution in [2.45, 2.75) is 57.2 Å². The summed E-state index contributed by atoms with van der Waals surface area (Å²) in [7, 11) is 0. The Morgan fingerprint density at radius 2 is 1.93 bits per heavy atom. The lowest BCUT2D eigenvalue weighted by Crippen LogP contribution is -2.56. The Hall–Kier alpha value is -1.79. The number of likely N-dealkylation sites (N-methyl/N-ethyl adjacent to an activating group) is 1. The molecule has 3 N–H and O–H groups in total. The van der Waals surface area contributed by atoms with Gasteiger partial charge in [0.15, 0.2) is 0 Å². The zero-order valence-corrected chi connectivity index (χ0v) is 16.4. The molecule has 2 aliphatic carbocycles. The van der Waals surface area contributed by atoms with Crippen LogP contribution >= 0.6 is 11.6 Å². The van der Waals surface area contributed by atoms with E-state index in [9.17, 15) is 9.59 Å². The molecule has 6 nitrogen and oxygen atoms in total. The lowest BCUT2D eigenvalue weighted by Gasteiger charge is -2.42. The van der Waals surface area contributed by atoms with Gasteiger partial charge in [0.2, 0.25) is 0 Å². The molecule has 1 atom stereocenters. The summed E-state index contributed by atoms with van der Waals surface area (Å²) in [6.07, 6.45) is 5.05. The smallest absolute Gasteiger partial charge is 0.317 e. The number of nitrogens with zero attached hydrogens (tertiary/aromatic N) is 1.